The van der Waals surface area contributed by atoms with E-state index in [4.69, 9.17) is 17.0 Å². The van der Waals surface area contributed by atoms with Gasteiger partial charge in [0, 0.05) is 56.7 Å². The van der Waals surface area contributed by atoms with Gasteiger partial charge in [-0.25, -0.2) is 18.6 Å². The summed E-state index contributed by atoms with van der Waals surface area (Å²) >= 11 is 7.08. The van der Waals surface area contributed by atoms with Crippen molar-refractivity contribution >= 4 is 50.5 Å². The fourth-order valence-corrected chi connectivity index (χ4v) is 7.11. The molecule has 0 N–H and O–H groups in total. The molecule has 2 aliphatic rings. The Balaban J connectivity index is 1.01. The van der Waals surface area contributed by atoms with Gasteiger partial charge in [-0.1, -0.05) is 18.3 Å². The maximum absolute atomic E-state index is 15.3. The molecule has 0 aliphatic carbocycles. The lowest BCUT2D eigenvalue weighted by Gasteiger charge is -2.19. The Morgan fingerprint density at radius 3 is 2.56 bits per heavy atom. The summed E-state index contributed by atoms with van der Waals surface area (Å²) in [6.07, 6.45) is 8.34. The van der Waals surface area contributed by atoms with Crippen LogP contribution in [0, 0.1) is 11.6 Å². The van der Waals surface area contributed by atoms with E-state index in [1.54, 1.807) is 41.4 Å². The Morgan fingerprint density at radius 1 is 0.933 bits per heavy atom. The van der Waals surface area contributed by atoms with Crippen molar-refractivity contribution in [2.45, 2.75) is 25.8 Å². The lowest BCUT2D eigenvalue weighted by Crippen LogP contribution is -2.36. The largest absolute Gasteiger partial charge is 0.453 e. The normalized spacial score (nSPS) is 15.5. The first-order chi connectivity index (χ1) is 21.9. The van der Waals surface area contributed by atoms with E-state index in [-0.39, 0.29) is 24.0 Å². The maximum Gasteiger partial charge on any atom is 0.329 e. The number of nitrogens with zero attached hydrogens (tertiary/aromatic N) is 6. The summed E-state index contributed by atoms with van der Waals surface area (Å²) in [5, 5.41) is 0. The Hall–Kier alpha value is -4.26. The molecular formula is C33H30F2N6O2S2. The van der Waals surface area contributed by atoms with Gasteiger partial charge in [0.1, 0.15) is 11.6 Å². The highest BCUT2D eigenvalue weighted by Gasteiger charge is 2.32. The molecule has 2 aliphatic heterocycles. The summed E-state index contributed by atoms with van der Waals surface area (Å²) < 4.78 is 37.6. The lowest BCUT2D eigenvalue weighted by molar-refractivity contribution is 0.238. The molecule has 0 saturated carbocycles. The highest BCUT2D eigenvalue weighted by atomic mass is 32.1. The maximum atomic E-state index is 15.3. The van der Waals surface area contributed by atoms with Crippen molar-refractivity contribution in [1.82, 2.24) is 24.3 Å². The number of pyridine rings is 1. The molecule has 0 radical (unpaired) electrons. The summed E-state index contributed by atoms with van der Waals surface area (Å²) in [4.78, 5) is 29.0. The molecule has 2 aromatic carbocycles. The van der Waals surface area contributed by atoms with Gasteiger partial charge in [-0.3, -0.25) is 14.8 Å². The highest BCUT2D eigenvalue weighted by molar-refractivity contribution is 7.80. The van der Waals surface area contributed by atoms with E-state index >= 15 is 4.39 Å². The average molecular weight is 645 g/mol. The molecule has 2 amide bonds. The molecule has 3 aromatic heterocycles. The number of fused-ring (bicyclic) bond motifs is 1. The van der Waals surface area contributed by atoms with Gasteiger partial charge < -0.3 is 14.2 Å². The van der Waals surface area contributed by atoms with E-state index in [1.165, 1.54) is 60.4 Å². The van der Waals surface area contributed by atoms with Gasteiger partial charge in [0.05, 0.1) is 32.1 Å². The number of rotatable bonds is 9. The first-order valence-electron chi connectivity index (χ1n) is 14.9. The molecule has 2 fully saturated rings. The van der Waals surface area contributed by atoms with Crippen LogP contribution >= 0.6 is 23.6 Å². The molecule has 0 unspecified atom stereocenters. The fraction of sp³-hybridized carbons (Fsp3) is 0.273. The second kappa shape index (κ2) is 12.6. The zero-order valence-electron chi connectivity index (χ0n) is 24.4. The van der Waals surface area contributed by atoms with Crippen molar-refractivity contribution < 1.29 is 18.3 Å². The highest BCUT2D eigenvalue weighted by Crippen LogP contribution is 2.39. The number of benzene rings is 2. The summed E-state index contributed by atoms with van der Waals surface area (Å²) in [6, 6.07) is 13.9. The van der Waals surface area contributed by atoms with E-state index in [9.17, 15) is 9.18 Å². The fourth-order valence-electron chi connectivity index (χ4n) is 5.75. The summed E-state index contributed by atoms with van der Waals surface area (Å²) in [5.74, 6) is -0.310. The van der Waals surface area contributed by atoms with Crippen LogP contribution in [0.25, 0.3) is 20.8 Å². The molecule has 45 heavy (non-hydrogen) atoms. The van der Waals surface area contributed by atoms with Crippen LogP contribution in [0.3, 0.4) is 0 Å². The van der Waals surface area contributed by atoms with Crippen LogP contribution in [-0.4, -0.2) is 68.1 Å². The zero-order valence-corrected chi connectivity index (χ0v) is 26.0. The summed E-state index contributed by atoms with van der Waals surface area (Å²) in [6.45, 7) is 5.08. The number of likely N-dealkylation sites (tertiary alicyclic amines) is 1. The van der Waals surface area contributed by atoms with Gasteiger partial charge >= 0.3 is 6.03 Å². The molecule has 5 aromatic rings. The zero-order chi connectivity index (χ0) is 30.9. The van der Waals surface area contributed by atoms with E-state index in [1.807, 2.05) is 12.4 Å². The number of hydrogen-bond donors (Lipinski definition) is 0. The van der Waals surface area contributed by atoms with Gasteiger partial charge in [-0.05, 0) is 74.0 Å². The van der Waals surface area contributed by atoms with Gasteiger partial charge in [0.25, 0.3) is 0 Å². The number of carbonyl (C=O) groups excluding carboxylic acids is 1. The number of thiocarbonyl (C=S) groups is 1. The van der Waals surface area contributed by atoms with Crippen LogP contribution in [0.5, 0.6) is 11.5 Å². The smallest absolute Gasteiger partial charge is 0.329 e. The lowest BCUT2D eigenvalue weighted by atomic mass is 10.1. The second-order valence-corrected chi connectivity index (χ2v) is 12.7. The van der Waals surface area contributed by atoms with Crippen LogP contribution in [-0.2, 0) is 13.0 Å². The molecule has 230 valence electrons. The van der Waals surface area contributed by atoms with Crippen LogP contribution in [0.2, 0.25) is 0 Å². The quantitative estimate of drug-likeness (QED) is 0.159. The minimum absolute atomic E-state index is 0.0815. The average Bonchev–Trinajstić information content (AvgIpc) is 3.85. The number of anilines is 1. The molecule has 0 spiro atoms. The first-order valence-corrected chi connectivity index (χ1v) is 16.1. The number of imidazole rings is 1. The number of carbonyl (C=O) groups is 1. The van der Waals surface area contributed by atoms with Gasteiger partial charge in [0.15, 0.2) is 11.6 Å². The minimum atomic E-state index is -0.533. The Bertz CT molecular complexity index is 1870. The standard InChI is InChI=1S/C33H30F2N6O2S2/c34-23-4-6-24(7-5-23)40-15-16-41(33(40)42)31(44)18-22-3-8-28(25(35)17-22)43-29-9-10-36-26-19-30(45-32(26)29)27-20-39(21-37-27)14-13-38-11-1-2-12-38/h3-10,17,19-21H,1-2,11-16,18H2. The topological polar surface area (TPSA) is 66.7 Å². The third-order valence-corrected chi connectivity index (χ3v) is 9.68. The van der Waals surface area contributed by atoms with Crippen molar-refractivity contribution in [3.8, 4) is 22.1 Å². The number of urea groups is 1. The van der Waals surface area contributed by atoms with E-state index < -0.39 is 5.82 Å². The number of aromatic nitrogens is 3. The SMILES string of the molecule is O=C1N(C(=S)Cc2ccc(Oc3ccnc4cc(-c5cn(CCN6CCCC6)cn5)sc34)c(F)c2)CCN1c1ccc(F)cc1. The number of amides is 2. The molecular weight excluding hydrogens is 615 g/mol. The van der Waals surface area contributed by atoms with Gasteiger partial charge in [-0.15, -0.1) is 11.3 Å². The predicted molar refractivity (Wildman–Crippen MR) is 175 cm³/mol. The second-order valence-electron chi connectivity index (χ2n) is 11.2. The number of ether oxygens (including phenoxy) is 1. The van der Waals surface area contributed by atoms with Crippen LogP contribution in [0.15, 0.2) is 73.3 Å². The summed E-state index contributed by atoms with van der Waals surface area (Å²) in [7, 11) is 0. The van der Waals surface area contributed by atoms with E-state index in [0.29, 0.717) is 35.1 Å². The monoisotopic (exact) mass is 644 g/mol. The summed E-state index contributed by atoms with van der Waals surface area (Å²) in [5.41, 5.74) is 2.85. The molecule has 0 bridgehead atoms. The van der Waals surface area contributed by atoms with E-state index in [2.05, 4.69) is 25.6 Å². The Kier molecular flexibility index (Phi) is 8.26. The van der Waals surface area contributed by atoms with Gasteiger partial charge in [-0.2, -0.15) is 0 Å². The molecule has 5 heterocycles. The van der Waals surface area contributed by atoms with Crippen molar-refractivity contribution in [1.29, 1.82) is 0 Å². The number of hydrogen-bond acceptors (Lipinski definition) is 7. The Labute approximate surface area is 268 Å². The van der Waals surface area contributed by atoms with Crippen molar-refractivity contribution in [2.24, 2.45) is 0 Å². The molecule has 8 nitrogen and oxygen atoms in total. The Morgan fingerprint density at radius 2 is 1.76 bits per heavy atom. The predicted octanol–water partition coefficient (Wildman–Crippen LogP) is 7.14. The molecule has 7 rings (SSSR count). The third-order valence-electron chi connectivity index (χ3n) is 8.15. The van der Waals surface area contributed by atoms with Crippen molar-refractivity contribution in [3.63, 3.8) is 0 Å². The van der Waals surface area contributed by atoms with Crippen LogP contribution in [0.4, 0.5) is 19.3 Å². The van der Waals surface area contributed by atoms with Gasteiger partial charge in [0.2, 0.25) is 0 Å². The number of halogens is 2. The minimum Gasteiger partial charge on any atom is -0.453 e. The van der Waals surface area contributed by atoms with Crippen molar-refractivity contribution in [3.05, 3.63) is 90.5 Å². The van der Waals surface area contributed by atoms with Crippen LogP contribution < -0.4 is 9.64 Å². The van der Waals surface area contributed by atoms with E-state index in [0.717, 1.165) is 33.9 Å². The third kappa shape index (κ3) is 6.31. The number of thiophene rings is 1. The molecule has 2 saturated heterocycles. The molecule has 12 heteroatoms. The van der Waals surface area contributed by atoms with Crippen molar-refractivity contribution in [2.75, 3.05) is 37.6 Å². The molecule has 0 atom stereocenters. The van der Waals surface area contributed by atoms with Crippen LogP contribution in [0.1, 0.15) is 18.4 Å². The first kappa shape index (κ1) is 29.5.